The Morgan fingerprint density at radius 1 is 0.750 bits per heavy atom. The molecule has 0 bridgehead atoms. The van der Waals surface area contributed by atoms with Crippen LogP contribution in [0.4, 0.5) is 0 Å². The highest BCUT2D eigenvalue weighted by Gasteiger charge is 2.15. The molecule has 1 radical (unpaired) electrons. The van der Waals surface area contributed by atoms with Crippen molar-refractivity contribution < 1.29 is 8.85 Å². The van der Waals surface area contributed by atoms with E-state index in [1.807, 2.05) is 36.4 Å². The second-order valence-corrected chi connectivity index (χ2v) is 6.56. The van der Waals surface area contributed by atoms with Gasteiger partial charge in [-0.25, -0.2) is 0 Å². The Kier molecular flexibility index (Phi) is 6.81. The summed E-state index contributed by atoms with van der Waals surface area (Å²) in [4.78, 5) is 0. The maximum absolute atomic E-state index is 5.89. The van der Waals surface area contributed by atoms with Crippen molar-refractivity contribution in [2.24, 2.45) is 0 Å². The normalized spacial score (nSPS) is 10.9. The van der Waals surface area contributed by atoms with E-state index in [0.717, 1.165) is 17.2 Å². The van der Waals surface area contributed by atoms with E-state index >= 15 is 0 Å². The van der Waals surface area contributed by atoms with Gasteiger partial charge in [-0.2, -0.15) is 0 Å². The first-order valence-corrected chi connectivity index (χ1v) is 8.69. The first kappa shape index (κ1) is 15.3. The van der Waals surface area contributed by atoms with Crippen molar-refractivity contribution in [2.75, 3.05) is 5.88 Å². The van der Waals surface area contributed by atoms with Gasteiger partial charge < -0.3 is 8.85 Å². The van der Waals surface area contributed by atoms with Crippen LogP contribution < -0.4 is 0 Å². The average molecular weight is 306 g/mol. The topological polar surface area (TPSA) is 18.5 Å². The molecule has 0 aromatic heterocycles. The third-order valence-electron chi connectivity index (χ3n) is 2.78. The van der Waals surface area contributed by atoms with Crippen molar-refractivity contribution in [3.63, 3.8) is 0 Å². The molecule has 2 aromatic carbocycles. The average Bonchev–Trinajstić information content (AvgIpc) is 2.52. The van der Waals surface area contributed by atoms with Crippen molar-refractivity contribution in [1.82, 2.24) is 0 Å². The van der Waals surface area contributed by atoms with E-state index in [1.165, 1.54) is 0 Å². The second-order valence-electron chi connectivity index (χ2n) is 4.36. The van der Waals surface area contributed by atoms with Gasteiger partial charge in [-0.15, -0.1) is 11.6 Å². The smallest absolute Gasteiger partial charge is 0.386 e. The molecule has 0 aliphatic heterocycles. The Morgan fingerprint density at radius 2 is 1.20 bits per heavy atom. The van der Waals surface area contributed by atoms with Gasteiger partial charge in [-0.1, -0.05) is 60.7 Å². The van der Waals surface area contributed by atoms with Crippen LogP contribution in [0.25, 0.3) is 0 Å². The lowest BCUT2D eigenvalue weighted by Crippen LogP contribution is -2.23. The molecule has 0 spiro atoms. The number of halogens is 1. The largest absolute Gasteiger partial charge is 0.389 e. The number of benzene rings is 2. The van der Waals surface area contributed by atoms with Gasteiger partial charge in [-0.05, 0) is 11.1 Å². The molecular weight excluding hydrogens is 288 g/mol. The Bertz CT molecular complexity index is 435. The molecule has 4 heteroatoms. The molecular formula is C16H18ClO2Si. The summed E-state index contributed by atoms with van der Waals surface area (Å²) in [5.41, 5.74) is 2.32. The molecule has 0 aliphatic carbocycles. The first-order chi connectivity index (χ1) is 9.88. The van der Waals surface area contributed by atoms with Gasteiger partial charge in [0.25, 0.3) is 0 Å². The zero-order valence-corrected chi connectivity index (χ0v) is 13.1. The lowest BCUT2D eigenvalue weighted by atomic mass is 10.2. The minimum atomic E-state index is -1.32. The molecule has 0 amide bonds. The molecule has 0 atom stereocenters. The van der Waals surface area contributed by atoms with Gasteiger partial charge in [0, 0.05) is 11.9 Å². The maximum Gasteiger partial charge on any atom is 0.386 e. The van der Waals surface area contributed by atoms with Gasteiger partial charge in [-0.3, -0.25) is 0 Å². The molecule has 2 rings (SSSR count). The van der Waals surface area contributed by atoms with Gasteiger partial charge >= 0.3 is 9.28 Å². The Labute approximate surface area is 127 Å². The molecule has 0 saturated heterocycles. The van der Waals surface area contributed by atoms with Crippen LogP contribution in [-0.4, -0.2) is 15.2 Å². The standard InChI is InChI=1S/C16H18ClO2Si/c17-11-12-20(18-13-15-7-3-1-4-8-15)19-14-16-9-5-2-6-10-16/h1-10H,11-14H2. The van der Waals surface area contributed by atoms with E-state index in [-0.39, 0.29) is 0 Å². The molecule has 0 saturated carbocycles. The van der Waals surface area contributed by atoms with E-state index < -0.39 is 9.28 Å². The van der Waals surface area contributed by atoms with Crippen LogP contribution >= 0.6 is 11.6 Å². The quantitative estimate of drug-likeness (QED) is 0.539. The summed E-state index contributed by atoms with van der Waals surface area (Å²) in [6, 6.07) is 21.0. The molecule has 0 unspecified atom stereocenters. The predicted molar refractivity (Wildman–Crippen MR) is 83.7 cm³/mol. The predicted octanol–water partition coefficient (Wildman–Crippen LogP) is 4.15. The third kappa shape index (κ3) is 5.47. The number of hydrogen-bond acceptors (Lipinski definition) is 2. The number of rotatable bonds is 8. The fourth-order valence-electron chi connectivity index (χ4n) is 1.74. The summed E-state index contributed by atoms with van der Waals surface area (Å²) in [5.74, 6) is 0.567. The molecule has 105 valence electrons. The third-order valence-corrected chi connectivity index (χ3v) is 4.88. The summed E-state index contributed by atoms with van der Waals surface area (Å²) in [6.07, 6.45) is 0. The van der Waals surface area contributed by atoms with Crippen molar-refractivity contribution in [2.45, 2.75) is 19.3 Å². The lowest BCUT2D eigenvalue weighted by molar-refractivity contribution is 0.183. The monoisotopic (exact) mass is 305 g/mol. The molecule has 0 fully saturated rings. The summed E-state index contributed by atoms with van der Waals surface area (Å²) >= 11 is 5.83. The van der Waals surface area contributed by atoms with Crippen LogP contribution in [0.3, 0.4) is 0 Å². The Hall–Kier alpha value is -1.13. The minimum Gasteiger partial charge on any atom is -0.389 e. The van der Waals surface area contributed by atoms with Crippen LogP contribution in [0.2, 0.25) is 6.04 Å². The summed E-state index contributed by atoms with van der Waals surface area (Å²) in [6.45, 7) is 1.17. The zero-order chi connectivity index (χ0) is 14.0. The van der Waals surface area contributed by atoms with Crippen molar-refractivity contribution >= 4 is 20.9 Å². The van der Waals surface area contributed by atoms with Crippen LogP contribution in [0.5, 0.6) is 0 Å². The first-order valence-electron chi connectivity index (χ1n) is 6.63. The van der Waals surface area contributed by atoms with E-state index in [1.54, 1.807) is 0 Å². The van der Waals surface area contributed by atoms with Crippen LogP contribution in [0.15, 0.2) is 60.7 Å². The number of hydrogen-bond donors (Lipinski definition) is 0. The molecule has 2 nitrogen and oxygen atoms in total. The highest BCUT2D eigenvalue weighted by atomic mass is 35.5. The van der Waals surface area contributed by atoms with E-state index in [2.05, 4.69) is 24.3 Å². The lowest BCUT2D eigenvalue weighted by Gasteiger charge is -2.14. The van der Waals surface area contributed by atoms with Crippen LogP contribution in [0.1, 0.15) is 11.1 Å². The molecule has 0 N–H and O–H groups in total. The van der Waals surface area contributed by atoms with E-state index in [0.29, 0.717) is 19.1 Å². The van der Waals surface area contributed by atoms with Crippen molar-refractivity contribution in [1.29, 1.82) is 0 Å². The van der Waals surface area contributed by atoms with Gasteiger partial charge in [0.05, 0.1) is 13.2 Å². The summed E-state index contributed by atoms with van der Waals surface area (Å²) < 4.78 is 11.8. The molecule has 0 aliphatic rings. The highest BCUT2D eigenvalue weighted by Crippen LogP contribution is 2.09. The SMILES string of the molecule is ClCC[Si](OCc1ccccc1)OCc1ccccc1. The highest BCUT2D eigenvalue weighted by molar-refractivity contribution is 6.46. The van der Waals surface area contributed by atoms with E-state index in [4.69, 9.17) is 20.5 Å². The fourth-order valence-corrected chi connectivity index (χ4v) is 3.38. The van der Waals surface area contributed by atoms with Gasteiger partial charge in [0.2, 0.25) is 0 Å². The summed E-state index contributed by atoms with van der Waals surface area (Å²) in [7, 11) is -1.32. The van der Waals surface area contributed by atoms with E-state index in [9.17, 15) is 0 Å². The second kappa shape index (κ2) is 8.92. The van der Waals surface area contributed by atoms with Crippen LogP contribution in [-0.2, 0) is 22.1 Å². The Balaban J connectivity index is 1.81. The van der Waals surface area contributed by atoms with Gasteiger partial charge in [0.15, 0.2) is 0 Å². The van der Waals surface area contributed by atoms with Crippen LogP contribution in [0, 0.1) is 0 Å². The van der Waals surface area contributed by atoms with Crippen molar-refractivity contribution in [3.05, 3.63) is 71.8 Å². The maximum atomic E-state index is 5.89. The number of alkyl halides is 1. The van der Waals surface area contributed by atoms with Crippen molar-refractivity contribution in [3.8, 4) is 0 Å². The molecule has 20 heavy (non-hydrogen) atoms. The Morgan fingerprint density at radius 3 is 1.60 bits per heavy atom. The molecule has 2 aromatic rings. The zero-order valence-electron chi connectivity index (χ0n) is 11.3. The minimum absolute atomic E-state index is 0.567. The molecule has 0 heterocycles. The fraction of sp³-hybridized carbons (Fsp3) is 0.250. The van der Waals surface area contributed by atoms with Gasteiger partial charge in [0.1, 0.15) is 0 Å². The summed E-state index contributed by atoms with van der Waals surface area (Å²) in [5, 5.41) is 0.